The van der Waals surface area contributed by atoms with Crippen molar-refractivity contribution < 1.29 is 22.6 Å². The Morgan fingerprint density at radius 2 is 1.69 bits per heavy atom. The average molecular weight is 201 g/mol. The van der Waals surface area contributed by atoms with Gasteiger partial charge in [-0.15, -0.1) is 0 Å². The Morgan fingerprint density at radius 3 is 2.00 bits per heavy atom. The van der Waals surface area contributed by atoms with Gasteiger partial charge in [-0.25, -0.2) is 0 Å². The molecule has 0 aliphatic heterocycles. The van der Waals surface area contributed by atoms with E-state index in [1.165, 1.54) is 21.3 Å². The molecule has 0 N–H and O–H groups in total. The third-order valence-electron chi connectivity index (χ3n) is 1.44. The van der Waals surface area contributed by atoms with E-state index in [-0.39, 0.29) is 6.54 Å². The zero-order valence-electron chi connectivity index (χ0n) is 7.89. The van der Waals surface area contributed by atoms with Gasteiger partial charge in [0, 0.05) is 20.8 Å². The zero-order valence-corrected chi connectivity index (χ0v) is 7.89. The van der Waals surface area contributed by atoms with Gasteiger partial charge in [0.05, 0.1) is 6.54 Å². The Kier molecular flexibility index (Phi) is 5.27. The van der Waals surface area contributed by atoms with Gasteiger partial charge in [-0.05, 0) is 7.05 Å². The van der Waals surface area contributed by atoms with Gasteiger partial charge in [0.25, 0.3) is 0 Å². The van der Waals surface area contributed by atoms with Gasteiger partial charge in [0.2, 0.25) is 0 Å². The number of hydrogen-bond acceptors (Lipinski definition) is 3. The molecule has 0 aromatic carbocycles. The summed E-state index contributed by atoms with van der Waals surface area (Å²) >= 11 is 0. The third-order valence-corrected chi connectivity index (χ3v) is 1.44. The first kappa shape index (κ1) is 12.7. The molecule has 0 saturated carbocycles. The molecule has 13 heavy (non-hydrogen) atoms. The molecule has 0 aliphatic rings. The summed E-state index contributed by atoms with van der Waals surface area (Å²) in [6.07, 6.45) is -4.80. The van der Waals surface area contributed by atoms with E-state index in [4.69, 9.17) is 9.47 Å². The molecule has 0 amide bonds. The SMILES string of the molecule is COC(CN(C)CC(F)(F)F)OC. The lowest BCUT2D eigenvalue weighted by Crippen LogP contribution is -2.37. The molecule has 0 aliphatic carbocycles. The van der Waals surface area contributed by atoms with Crippen LogP contribution in [-0.4, -0.2) is 51.7 Å². The number of likely N-dealkylation sites (N-methyl/N-ethyl adjacent to an activating group) is 1. The lowest BCUT2D eigenvalue weighted by Gasteiger charge is -2.22. The van der Waals surface area contributed by atoms with Crippen LogP contribution in [-0.2, 0) is 9.47 Å². The predicted octanol–water partition coefficient (Wildman–Crippen LogP) is 1.10. The van der Waals surface area contributed by atoms with Crippen LogP contribution in [0.25, 0.3) is 0 Å². The summed E-state index contributed by atoms with van der Waals surface area (Å²) in [5, 5.41) is 0. The van der Waals surface area contributed by atoms with Crippen molar-refractivity contribution in [2.75, 3.05) is 34.4 Å². The van der Waals surface area contributed by atoms with E-state index in [1.807, 2.05) is 0 Å². The zero-order chi connectivity index (χ0) is 10.5. The fraction of sp³-hybridized carbons (Fsp3) is 1.00. The Morgan fingerprint density at radius 1 is 1.23 bits per heavy atom. The van der Waals surface area contributed by atoms with E-state index in [1.54, 1.807) is 0 Å². The summed E-state index contributed by atoms with van der Waals surface area (Å²) in [5.41, 5.74) is 0. The smallest absolute Gasteiger partial charge is 0.355 e. The maximum absolute atomic E-state index is 11.8. The Hall–Kier alpha value is -0.330. The number of halogens is 3. The summed E-state index contributed by atoms with van der Waals surface area (Å²) in [6, 6.07) is 0. The topological polar surface area (TPSA) is 21.7 Å². The molecule has 0 saturated heterocycles. The summed E-state index contributed by atoms with van der Waals surface area (Å²) in [5.74, 6) is 0. The Balaban J connectivity index is 3.79. The van der Waals surface area contributed by atoms with Crippen LogP contribution in [0.5, 0.6) is 0 Å². The lowest BCUT2D eigenvalue weighted by molar-refractivity contribution is -0.160. The van der Waals surface area contributed by atoms with Crippen LogP contribution < -0.4 is 0 Å². The Bertz CT molecular complexity index is 136. The second-order valence-electron chi connectivity index (χ2n) is 2.71. The average Bonchev–Trinajstić information content (AvgIpc) is 1.96. The number of ether oxygens (including phenoxy) is 2. The molecule has 6 heteroatoms. The van der Waals surface area contributed by atoms with Crippen LogP contribution in [0.3, 0.4) is 0 Å². The molecule has 3 nitrogen and oxygen atoms in total. The lowest BCUT2D eigenvalue weighted by atomic mass is 10.5. The van der Waals surface area contributed by atoms with Crippen LogP contribution in [0, 0.1) is 0 Å². The monoisotopic (exact) mass is 201 g/mol. The van der Waals surface area contributed by atoms with Crippen molar-refractivity contribution in [1.82, 2.24) is 4.90 Å². The second-order valence-corrected chi connectivity index (χ2v) is 2.71. The molecule has 0 radical (unpaired) electrons. The molecule has 0 fully saturated rings. The van der Waals surface area contributed by atoms with Crippen LogP contribution in [0.15, 0.2) is 0 Å². The number of alkyl halides is 3. The maximum atomic E-state index is 11.8. The van der Waals surface area contributed by atoms with Gasteiger partial charge < -0.3 is 9.47 Å². The van der Waals surface area contributed by atoms with Crippen molar-refractivity contribution in [2.45, 2.75) is 12.5 Å². The molecule has 80 valence electrons. The molecule has 0 bridgehead atoms. The number of hydrogen-bond donors (Lipinski definition) is 0. The van der Waals surface area contributed by atoms with Gasteiger partial charge in [-0.1, -0.05) is 0 Å². The van der Waals surface area contributed by atoms with Gasteiger partial charge in [0.15, 0.2) is 6.29 Å². The highest BCUT2D eigenvalue weighted by Gasteiger charge is 2.29. The minimum atomic E-state index is -4.18. The molecule has 0 spiro atoms. The fourth-order valence-electron chi connectivity index (χ4n) is 0.870. The highest BCUT2D eigenvalue weighted by atomic mass is 19.4. The first-order chi connectivity index (χ1) is 5.89. The highest BCUT2D eigenvalue weighted by molar-refractivity contribution is 4.60. The van der Waals surface area contributed by atoms with E-state index >= 15 is 0 Å². The van der Waals surface area contributed by atoms with E-state index in [2.05, 4.69) is 0 Å². The molecular weight excluding hydrogens is 187 g/mol. The minimum absolute atomic E-state index is 0.0898. The van der Waals surface area contributed by atoms with Gasteiger partial charge >= 0.3 is 6.18 Å². The highest BCUT2D eigenvalue weighted by Crippen LogP contribution is 2.15. The van der Waals surface area contributed by atoms with Crippen LogP contribution >= 0.6 is 0 Å². The molecule has 0 rings (SSSR count). The Labute approximate surface area is 75.4 Å². The fourth-order valence-corrected chi connectivity index (χ4v) is 0.870. The van der Waals surface area contributed by atoms with Gasteiger partial charge in [0.1, 0.15) is 0 Å². The summed E-state index contributed by atoms with van der Waals surface area (Å²) in [7, 11) is 4.13. The summed E-state index contributed by atoms with van der Waals surface area (Å²) in [4.78, 5) is 1.09. The van der Waals surface area contributed by atoms with E-state index < -0.39 is 19.0 Å². The van der Waals surface area contributed by atoms with Crippen molar-refractivity contribution >= 4 is 0 Å². The van der Waals surface area contributed by atoms with Crippen molar-refractivity contribution in [2.24, 2.45) is 0 Å². The minimum Gasteiger partial charge on any atom is -0.355 e. The van der Waals surface area contributed by atoms with E-state index in [0.29, 0.717) is 0 Å². The van der Waals surface area contributed by atoms with Crippen molar-refractivity contribution in [1.29, 1.82) is 0 Å². The van der Waals surface area contributed by atoms with Crippen molar-refractivity contribution in [3.05, 3.63) is 0 Å². The number of rotatable bonds is 5. The van der Waals surface area contributed by atoms with Crippen LogP contribution in [0.2, 0.25) is 0 Å². The number of methoxy groups -OCH3 is 2. The van der Waals surface area contributed by atoms with Crippen LogP contribution in [0.1, 0.15) is 0 Å². The largest absolute Gasteiger partial charge is 0.401 e. The normalized spacial score (nSPS) is 12.9. The van der Waals surface area contributed by atoms with Crippen molar-refractivity contribution in [3.63, 3.8) is 0 Å². The molecule has 0 heterocycles. The molecular formula is C7H14F3NO2. The van der Waals surface area contributed by atoms with Gasteiger partial charge in [-0.3, -0.25) is 4.90 Å². The van der Waals surface area contributed by atoms with E-state index in [9.17, 15) is 13.2 Å². The van der Waals surface area contributed by atoms with Crippen LogP contribution in [0.4, 0.5) is 13.2 Å². The van der Waals surface area contributed by atoms with E-state index in [0.717, 1.165) is 4.90 Å². The molecule has 0 aromatic heterocycles. The first-order valence-electron chi connectivity index (χ1n) is 3.70. The molecule has 0 atom stereocenters. The molecule has 0 aromatic rings. The molecule has 0 unspecified atom stereocenters. The summed E-state index contributed by atoms with van der Waals surface area (Å²) in [6.45, 7) is -0.872. The predicted molar refractivity (Wildman–Crippen MR) is 41.4 cm³/mol. The quantitative estimate of drug-likeness (QED) is 0.622. The maximum Gasteiger partial charge on any atom is 0.401 e. The van der Waals surface area contributed by atoms with Crippen molar-refractivity contribution in [3.8, 4) is 0 Å². The third kappa shape index (κ3) is 6.80. The first-order valence-corrected chi connectivity index (χ1v) is 3.70. The standard InChI is InChI=1S/C7H14F3NO2/c1-11(5-7(8,9)10)4-6(12-2)13-3/h6H,4-5H2,1-3H3. The summed E-state index contributed by atoms with van der Waals surface area (Å²) < 4.78 is 45.0. The van der Waals surface area contributed by atoms with Gasteiger partial charge in [-0.2, -0.15) is 13.2 Å². The second kappa shape index (κ2) is 5.41. The number of nitrogens with zero attached hydrogens (tertiary/aromatic N) is 1.